The van der Waals surface area contributed by atoms with Gasteiger partial charge in [0.2, 0.25) is 5.96 Å². The van der Waals surface area contributed by atoms with Crippen molar-refractivity contribution in [1.82, 2.24) is 0 Å². The maximum absolute atomic E-state index is 5.89. The number of nitrogens with two attached hydrogens (primary N) is 1. The van der Waals surface area contributed by atoms with E-state index in [1.54, 1.807) is 11.3 Å². The van der Waals surface area contributed by atoms with Gasteiger partial charge in [-0.05, 0) is 30.7 Å². The largest absolute Gasteiger partial charge is 0.368 e. The van der Waals surface area contributed by atoms with Gasteiger partial charge in [-0.25, -0.2) is 4.99 Å². The Bertz CT molecular complexity index is 744. The number of aryl methyl sites for hydroxylation is 1. The molecule has 4 nitrogen and oxygen atoms in total. The zero-order chi connectivity index (χ0) is 13.7. The van der Waals surface area contributed by atoms with Crippen molar-refractivity contribution in [1.29, 1.82) is 0 Å². The summed E-state index contributed by atoms with van der Waals surface area (Å²) in [5.41, 5.74) is 8.25. The van der Waals surface area contributed by atoms with Crippen LogP contribution in [0.25, 0.3) is 0 Å². The van der Waals surface area contributed by atoms with Gasteiger partial charge in [-0.15, -0.1) is 11.3 Å². The van der Waals surface area contributed by atoms with Crippen LogP contribution in [0.1, 0.15) is 27.3 Å². The molecule has 4 rings (SSSR count). The van der Waals surface area contributed by atoms with Crippen LogP contribution in [0.2, 0.25) is 0 Å². The summed E-state index contributed by atoms with van der Waals surface area (Å²) in [6, 6.07) is 12.6. The van der Waals surface area contributed by atoms with Crippen molar-refractivity contribution in [3.63, 3.8) is 0 Å². The van der Waals surface area contributed by atoms with Crippen LogP contribution in [0, 0.1) is 6.92 Å². The molecule has 0 unspecified atom stereocenters. The third-order valence-electron chi connectivity index (χ3n) is 3.73. The van der Waals surface area contributed by atoms with E-state index in [0.29, 0.717) is 5.96 Å². The Hall–Kier alpha value is -2.14. The fourth-order valence-electron chi connectivity index (χ4n) is 2.87. The molecule has 0 aliphatic carbocycles. The predicted molar refractivity (Wildman–Crippen MR) is 83.7 cm³/mol. The van der Waals surface area contributed by atoms with Gasteiger partial charge in [0.05, 0.1) is 5.92 Å². The number of fused-ring (bicyclic) bond motifs is 3. The second-order valence-corrected chi connectivity index (χ2v) is 6.39. The quantitative estimate of drug-likeness (QED) is 0.844. The number of guanidine groups is 1. The molecule has 2 atom stereocenters. The van der Waals surface area contributed by atoms with Gasteiger partial charge in [0.15, 0.2) is 0 Å². The molecule has 0 saturated heterocycles. The lowest BCUT2D eigenvalue weighted by atomic mass is 9.91. The molecule has 0 fully saturated rings. The molecule has 2 aliphatic heterocycles. The summed E-state index contributed by atoms with van der Waals surface area (Å²) in [6.45, 7) is 2.11. The standard InChI is InChI=1S/C15H14N4S/c1-8-6-7-11(20-8)13-12-9-4-2-3-5-10(9)17-14(12)19-15(16)18-13/h2-7,12-13H,1H3,(H3,16,17,18,19)/t12-,13+/m1/s1. The summed E-state index contributed by atoms with van der Waals surface area (Å²) in [4.78, 5) is 11.5. The molecular formula is C15H14N4S. The number of thiophene rings is 1. The molecule has 0 saturated carbocycles. The van der Waals surface area contributed by atoms with Crippen molar-refractivity contribution in [2.75, 3.05) is 5.32 Å². The summed E-state index contributed by atoms with van der Waals surface area (Å²) in [5.74, 6) is 1.42. The van der Waals surface area contributed by atoms with Crippen LogP contribution in [0.5, 0.6) is 0 Å². The average molecular weight is 282 g/mol. The Labute approximate surface area is 121 Å². The molecule has 2 aliphatic rings. The highest BCUT2D eigenvalue weighted by molar-refractivity contribution is 7.12. The molecule has 20 heavy (non-hydrogen) atoms. The summed E-state index contributed by atoms with van der Waals surface area (Å²) >= 11 is 1.77. The van der Waals surface area contributed by atoms with Crippen LogP contribution >= 0.6 is 11.3 Å². The highest BCUT2D eigenvalue weighted by Crippen LogP contribution is 2.46. The minimum absolute atomic E-state index is 0.0253. The van der Waals surface area contributed by atoms with Crippen LogP contribution in [0.3, 0.4) is 0 Å². The molecular weight excluding hydrogens is 268 g/mol. The normalized spacial score (nSPS) is 23.4. The molecule has 0 spiro atoms. The summed E-state index contributed by atoms with van der Waals surface area (Å²) in [7, 11) is 0. The van der Waals surface area contributed by atoms with Gasteiger partial charge in [0.25, 0.3) is 0 Å². The second-order valence-electron chi connectivity index (χ2n) is 5.07. The van der Waals surface area contributed by atoms with Gasteiger partial charge in [-0.2, -0.15) is 4.99 Å². The first-order valence-corrected chi connectivity index (χ1v) is 7.38. The van der Waals surface area contributed by atoms with Crippen molar-refractivity contribution >= 4 is 28.8 Å². The summed E-state index contributed by atoms with van der Waals surface area (Å²) < 4.78 is 0. The molecule has 1 aromatic carbocycles. The Morgan fingerprint density at radius 2 is 2.05 bits per heavy atom. The number of aliphatic imine (C=N–C) groups is 2. The number of nitrogens with one attached hydrogen (secondary N) is 1. The first-order chi connectivity index (χ1) is 9.72. The lowest BCUT2D eigenvalue weighted by Crippen LogP contribution is -2.28. The van der Waals surface area contributed by atoms with E-state index in [4.69, 9.17) is 5.73 Å². The minimum atomic E-state index is 0.0253. The minimum Gasteiger partial charge on any atom is -0.368 e. The van der Waals surface area contributed by atoms with E-state index in [-0.39, 0.29) is 12.0 Å². The molecule has 3 heterocycles. The molecule has 5 heteroatoms. The fraction of sp³-hybridized carbons (Fsp3) is 0.200. The molecule has 0 radical (unpaired) electrons. The Morgan fingerprint density at radius 1 is 1.20 bits per heavy atom. The van der Waals surface area contributed by atoms with Crippen molar-refractivity contribution < 1.29 is 0 Å². The monoisotopic (exact) mass is 282 g/mol. The van der Waals surface area contributed by atoms with E-state index in [9.17, 15) is 0 Å². The molecule has 0 bridgehead atoms. The third-order valence-corrected chi connectivity index (χ3v) is 4.80. The molecule has 1 aromatic heterocycles. The number of para-hydroxylation sites is 1. The van der Waals surface area contributed by atoms with Crippen LogP contribution in [-0.2, 0) is 0 Å². The Balaban J connectivity index is 1.85. The van der Waals surface area contributed by atoms with Crippen LogP contribution < -0.4 is 11.1 Å². The Kier molecular flexibility index (Phi) is 2.44. The van der Waals surface area contributed by atoms with Crippen molar-refractivity contribution in [3.8, 4) is 0 Å². The number of anilines is 1. The third kappa shape index (κ3) is 1.67. The van der Waals surface area contributed by atoms with Crippen LogP contribution in [0.4, 0.5) is 5.69 Å². The maximum Gasteiger partial charge on any atom is 0.217 e. The summed E-state index contributed by atoms with van der Waals surface area (Å²) in [6.07, 6.45) is 0. The molecule has 0 amide bonds. The van der Waals surface area contributed by atoms with Gasteiger partial charge in [-0.3, -0.25) is 0 Å². The average Bonchev–Trinajstić information content (AvgIpc) is 3.00. The first-order valence-electron chi connectivity index (χ1n) is 6.56. The van der Waals surface area contributed by atoms with Gasteiger partial charge < -0.3 is 11.1 Å². The van der Waals surface area contributed by atoms with Crippen LogP contribution in [0.15, 0.2) is 46.4 Å². The molecule has 100 valence electrons. The summed E-state index contributed by atoms with van der Waals surface area (Å²) in [5, 5.41) is 3.37. The van der Waals surface area contributed by atoms with E-state index < -0.39 is 0 Å². The highest BCUT2D eigenvalue weighted by Gasteiger charge is 2.39. The number of benzene rings is 1. The number of hydrogen-bond donors (Lipinski definition) is 2. The first kappa shape index (κ1) is 11.7. The Morgan fingerprint density at radius 3 is 2.85 bits per heavy atom. The van der Waals surface area contributed by atoms with E-state index in [0.717, 1.165) is 11.5 Å². The second kappa shape index (κ2) is 4.18. The molecule has 2 aromatic rings. The van der Waals surface area contributed by atoms with Crippen LogP contribution in [-0.4, -0.2) is 11.8 Å². The van der Waals surface area contributed by atoms with Gasteiger partial charge in [0, 0.05) is 15.4 Å². The van der Waals surface area contributed by atoms with Crippen molar-refractivity contribution in [2.24, 2.45) is 15.7 Å². The predicted octanol–water partition coefficient (Wildman–Crippen LogP) is 3.03. The van der Waals surface area contributed by atoms with Gasteiger partial charge in [0.1, 0.15) is 11.9 Å². The highest BCUT2D eigenvalue weighted by atomic mass is 32.1. The lowest BCUT2D eigenvalue weighted by molar-refractivity contribution is 0.685. The smallest absolute Gasteiger partial charge is 0.217 e. The van der Waals surface area contributed by atoms with Gasteiger partial charge >= 0.3 is 0 Å². The number of rotatable bonds is 1. The zero-order valence-electron chi connectivity index (χ0n) is 11.0. The lowest BCUT2D eigenvalue weighted by Gasteiger charge is -2.23. The topological polar surface area (TPSA) is 62.8 Å². The molecule has 3 N–H and O–H groups in total. The van der Waals surface area contributed by atoms with Crippen molar-refractivity contribution in [3.05, 3.63) is 51.7 Å². The number of hydrogen-bond acceptors (Lipinski definition) is 5. The van der Waals surface area contributed by atoms with Gasteiger partial charge in [-0.1, -0.05) is 18.2 Å². The van der Waals surface area contributed by atoms with E-state index in [1.165, 1.54) is 15.3 Å². The number of amidine groups is 1. The van der Waals surface area contributed by atoms with E-state index >= 15 is 0 Å². The fourth-order valence-corrected chi connectivity index (χ4v) is 3.83. The maximum atomic E-state index is 5.89. The van der Waals surface area contributed by atoms with E-state index in [2.05, 4.69) is 52.6 Å². The van der Waals surface area contributed by atoms with Crippen molar-refractivity contribution in [2.45, 2.75) is 18.9 Å². The number of nitrogens with zero attached hydrogens (tertiary/aromatic N) is 2. The zero-order valence-corrected chi connectivity index (χ0v) is 11.8. The SMILES string of the molecule is Cc1ccc([C@@H]2N=C(N)N=C3Nc4ccccc4[C@@H]32)s1. The van der Waals surface area contributed by atoms with E-state index in [1.807, 2.05) is 6.07 Å².